The van der Waals surface area contributed by atoms with E-state index in [4.69, 9.17) is 23.8 Å². The third kappa shape index (κ3) is 3.80. The first-order valence-corrected chi connectivity index (χ1v) is 15.9. The molecule has 0 amide bonds. The molecule has 5 heteroatoms. The van der Waals surface area contributed by atoms with Gasteiger partial charge in [0.05, 0.1) is 0 Å². The van der Waals surface area contributed by atoms with E-state index in [0.717, 1.165) is 60.6 Å². The number of furan rings is 2. The first kappa shape index (κ1) is 26.2. The zero-order chi connectivity index (χ0) is 31.3. The predicted octanol–water partition coefficient (Wildman–Crippen LogP) is 11.0. The Morgan fingerprint density at radius 2 is 1.11 bits per heavy atom. The Hall–Kier alpha value is -6.07. The number of hydrogen-bond acceptors (Lipinski definition) is 5. The van der Waals surface area contributed by atoms with Gasteiger partial charge in [-0.2, -0.15) is 0 Å². The van der Waals surface area contributed by atoms with Crippen molar-refractivity contribution in [3.63, 3.8) is 0 Å². The summed E-state index contributed by atoms with van der Waals surface area (Å²) in [5.41, 5.74) is 11.1. The first-order chi connectivity index (χ1) is 23.0. The summed E-state index contributed by atoms with van der Waals surface area (Å²) in [5.74, 6) is 1.81. The minimum absolute atomic E-state index is 0.114. The third-order valence-corrected chi connectivity index (χ3v) is 9.74. The summed E-state index contributed by atoms with van der Waals surface area (Å²) in [6, 6.07) is 43.7. The van der Waals surface area contributed by atoms with E-state index in [-0.39, 0.29) is 5.41 Å². The van der Waals surface area contributed by atoms with E-state index in [9.17, 15) is 0 Å². The van der Waals surface area contributed by atoms with E-state index >= 15 is 0 Å². The van der Waals surface area contributed by atoms with Gasteiger partial charge in [0.15, 0.2) is 17.5 Å². The molecule has 0 N–H and O–H groups in total. The molecule has 1 aliphatic carbocycles. The molecule has 0 spiro atoms. The molecule has 6 aromatic carbocycles. The summed E-state index contributed by atoms with van der Waals surface area (Å²) in [4.78, 5) is 15.2. The fourth-order valence-corrected chi connectivity index (χ4v) is 7.41. The minimum Gasteiger partial charge on any atom is -0.456 e. The second kappa shape index (κ2) is 9.47. The number of rotatable bonds is 3. The van der Waals surface area contributed by atoms with Crippen LogP contribution in [0.15, 0.2) is 136 Å². The Morgan fingerprint density at radius 1 is 0.426 bits per heavy atom. The lowest BCUT2D eigenvalue weighted by molar-refractivity contribution is 0.647. The van der Waals surface area contributed by atoms with Gasteiger partial charge in [-0.1, -0.05) is 98.8 Å². The monoisotopic (exact) mass is 605 g/mol. The molecule has 0 radical (unpaired) electrons. The molecule has 0 unspecified atom stereocenters. The van der Waals surface area contributed by atoms with Crippen LogP contribution in [0.4, 0.5) is 0 Å². The van der Waals surface area contributed by atoms with Crippen molar-refractivity contribution in [2.75, 3.05) is 0 Å². The van der Waals surface area contributed by atoms with Gasteiger partial charge in [0.1, 0.15) is 22.3 Å². The molecule has 9 aromatic rings. The lowest BCUT2D eigenvalue weighted by Crippen LogP contribution is -2.14. The molecular formula is C42H27N3O2. The Bertz CT molecular complexity index is 2720. The average molecular weight is 606 g/mol. The van der Waals surface area contributed by atoms with Gasteiger partial charge < -0.3 is 8.83 Å². The summed E-state index contributed by atoms with van der Waals surface area (Å²) in [7, 11) is 0. The Morgan fingerprint density at radius 3 is 2.00 bits per heavy atom. The van der Waals surface area contributed by atoms with Crippen molar-refractivity contribution < 1.29 is 8.83 Å². The molecule has 0 aliphatic heterocycles. The van der Waals surface area contributed by atoms with Gasteiger partial charge in [-0.3, -0.25) is 0 Å². The van der Waals surface area contributed by atoms with E-state index in [1.807, 2.05) is 72.8 Å². The standard InChI is InChI=1S/C42H27N3O2/c1-42(2)32-16-8-6-13-26(32)29-22-31-37(23-33(29)42)47-36-18-10-15-28(38(31)36)41-44-39(24-11-4-3-5-12-24)43-40(45-41)25-19-20-35-30(21-25)27-14-7-9-17-34(27)46-35/h3-23H,1-2H3. The zero-order valence-corrected chi connectivity index (χ0v) is 25.8. The van der Waals surface area contributed by atoms with Crippen molar-refractivity contribution in [1.82, 2.24) is 15.0 Å². The molecule has 47 heavy (non-hydrogen) atoms. The quantitative estimate of drug-likeness (QED) is 0.200. The summed E-state index contributed by atoms with van der Waals surface area (Å²) in [5, 5.41) is 4.14. The SMILES string of the molecule is CC1(C)c2ccccc2-c2cc3c(cc21)oc1cccc(-c2nc(-c4ccccc4)nc(-c4ccc5oc6ccccc6c5c4)n2)c13. The van der Waals surface area contributed by atoms with Crippen LogP contribution >= 0.6 is 0 Å². The van der Waals surface area contributed by atoms with E-state index in [0.29, 0.717) is 17.5 Å². The number of para-hydroxylation sites is 1. The first-order valence-electron chi connectivity index (χ1n) is 15.9. The van der Waals surface area contributed by atoms with Gasteiger partial charge in [0, 0.05) is 43.7 Å². The van der Waals surface area contributed by atoms with Gasteiger partial charge in [0.25, 0.3) is 0 Å². The summed E-state index contributed by atoms with van der Waals surface area (Å²) < 4.78 is 12.7. The fourth-order valence-electron chi connectivity index (χ4n) is 7.41. The van der Waals surface area contributed by atoms with Crippen LogP contribution in [0.25, 0.3) is 89.2 Å². The molecular weight excluding hydrogens is 578 g/mol. The highest BCUT2D eigenvalue weighted by Crippen LogP contribution is 2.51. The lowest BCUT2D eigenvalue weighted by atomic mass is 9.82. The van der Waals surface area contributed by atoms with Crippen LogP contribution < -0.4 is 0 Å². The van der Waals surface area contributed by atoms with Crippen molar-refractivity contribution in [1.29, 1.82) is 0 Å². The largest absolute Gasteiger partial charge is 0.456 e. The number of fused-ring (bicyclic) bond motifs is 9. The summed E-state index contributed by atoms with van der Waals surface area (Å²) in [6.07, 6.45) is 0. The van der Waals surface area contributed by atoms with Gasteiger partial charge in [-0.15, -0.1) is 0 Å². The molecule has 5 nitrogen and oxygen atoms in total. The lowest BCUT2D eigenvalue weighted by Gasteiger charge is -2.21. The van der Waals surface area contributed by atoms with Gasteiger partial charge >= 0.3 is 0 Å². The van der Waals surface area contributed by atoms with E-state index in [2.05, 4.69) is 68.4 Å². The van der Waals surface area contributed by atoms with Crippen molar-refractivity contribution >= 4 is 43.9 Å². The van der Waals surface area contributed by atoms with Crippen LogP contribution in [-0.2, 0) is 5.41 Å². The smallest absolute Gasteiger partial charge is 0.164 e. The summed E-state index contributed by atoms with van der Waals surface area (Å²) >= 11 is 0. The van der Waals surface area contributed by atoms with Crippen LogP contribution in [0.3, 0.4) is 0 Å². The van der Waals surface area contributed by atoms with Crippen LogP contribution in [0.1, 0.15) is 25.0 Å². The highest BCUT2D eigenvalue weighted by molar-refractivity contribution is 6.13. The van der Waals surface area contributed by atoms with Gasteiger partial charge in [-0.25, -0.2) is 15.0 Å². The van der Waals surface area contributed by atoms with Crippen LogP contribution in [-0.4, -0.2) is 15.0 Å². The van der Waals surface area contributed by atoms with E-state index < -0.39 is 0 Å². The molecule has 0 bridgehead atoms. The maximum absolute atomic E-state index is 6.56. The normalized spacial score (nSPS) is 13.5. The molecule has 3 heterocycles. The topological polar surface area (TPSA) is 65.0 Å². The van der Waals surface area contributed by atoms with Crippen molar-refractivity contribution in [3.8, 4) is 45.3 Å². The second-order valence-corrected chi connectivity index (χ2v) is 12.8. The van der Waals surface area contributed by atoms with Crippen molar-refractivity contribution in [2.45, 2.75) is 19.3 Å². The maximum atomic E-state index is 6.56. The number of benzene rings is 6. The molecule has 3 aromatic heterocycles. The highest BCUT2D eigenvalue weighted by atomic mass is 16.3. The molecule has 10 rings (SSSR count). The van der Waals surface area contributed by atoms with Crippen LogP contribution in [0.2, 0.25) is 0 Å². The van der Waals surface area contributed by atoms with Crippen LogP contribution in [0.5, 0.6) is 0 Å². The number of aromatic nitrogens is 3. The molecule has 222 valence electrons. The van der Waals surface area contributed by atoms with E-state index in [1.54, 1.807) is 0 Å². The molecule has 1 aliphatic rings. The fraction of sp³-hybridized carbons (Fsp3) is 0.0714. The van der Waals surface area contributed by atoms with Gasteiger partial charge in [0.2, 0.25) is 0 Å². The minimum atomic E-state index is -0.114. The van der Waals surface area contributed by atoms with Crippen molar-refractivity contribution in [3.05, 3.63) is 139 Å². The second-order valence-electron chi connectivity index (χ2n) is 12.8. The van der Waals surface area contributed by atoms with Crippen molar-refractivity contribution in [2.24, 2.45) is 0 Å². The Kier molecular flexibility index (Phi) is 5.28. The van der Waals surface area contributed by atoms with E-state index in [1.165, 1.54) is 22.3 Å². The Balaban J connectivity index is 1.22. The molecule has 0 atom stereocenters. The predicted molar refractivity (Wildman–Crippen MR) is 188 cm³/mol. The molecule has 0 saturated heterocycles. The zero-order valence-electron chi connectivity index (χ0n) is 25.8. The molecule has 0 fully saturated rings. The summed E-state index contributed by atoms with van der Waals surface area (Å²) in [6.45, 7) is 4.58. The maximum Gasteiger partial charge on any atom is 0.164 e. The Labute approximate surface area is 270 Å². The third-order valence-electron chi connectivity index (χ3n) is 9.74. The molecule has 0 saturated carbocycles. The number of hydrogen-bond donors (Lipinski definition) is 0. The van der Waals surface area contributed by atoms with Crippen LogP contribution in [0, 0.1) is 0 Å². The van der Waals surface area contributed by atoms with Gasteiger partial charge in [-0.05, 0) is 64.7 Å². The number of nitrogens with zero attached hydrogens (tertiary/aromatic N) is 3. The highest BCUT2D eigenvalue weighted by Gasteiger charge is 2.36. The average Bonchev–Trinajstić information content (AvgIpc) is 3.75.